The van der Waals surface area contributed by atoms with E-state index >= 15 is 0 Å². The van der Waals surface area contributed by atoms with Crippen molar-refractivity contribution in [1.29, 1.82) is 0 Å². The molecule has 2 heterocycles. The molecule has 1 saturated heterocycles. The number of aryl methyl sites for hydroxylation is 2. The molecule has 176 valence electrons. The molecule has 0 saturated carbocycles. The number of likely N-dealkylation sites (tertiary alicyclic amines) is 1. The van der Waals surface area contributed by atoms with E-state index in [1.807, 2.05) is 0 Å². The van der Waals surface area contributed by atoms with Crippen LogP contribution in [0.5, 0.6) is 0 Å². The number of carbonyl (C=O) groups is 1. The number of rotatable bonds is 9. The average molecular weight is 446 g/mol. The fourth-order valence-electron chi connectivity index (χ4n) is 5.38. The summed E-state index contributed by atoms with van der Waals surface area (Å²) < 4.78 is 2.31. The van der Waals surface area contributed by atoms with Gasteiger partial charge in [-0.05, 0) is 61.8 Å². The van der Waals surface area contributed by atoms with E-state index in [0.29, 0.717) is 6.42 Å². The molecular weight excluding hydrogens is 406 g/mol. The number of hydrogen-bond donors (Lipinski definition) is 1. The molecule has 0 aliphatic carbocycles. The molecule has 4 heteroatoms. The molecule has 1 aromatic heterocycles. The molecule has 2 aromatic carbocycles. The lowest BCUT2D eigenvalue weighted by atomic mass is 9.92. The van der Waals surface area contributed by atoms with E-state index in [9.17, 15) is 4.79 Å². The van der Waals surface area contributed by atoms with Crippen LogP contribution in [-0.4, -0.2) is 41.6 Å². The highest BCUT2D eigenvalue weighted by Crippen LogP contribution is 2.24. The van der Waals surface area contributed by atoms with Crippen molar-refractivity contribution in [2.45, 2.75) is 53.0 Å². The van der Waals surface area contributed by atoms with Gasteiger partial charge in [-0.3, -0.25) is 4.79 Å². The lowest BCUT2D eigenvalue weighted by Crippen LogP contribution is -2.40. The lowest BCUT2D eigenvalue weighted by molar-refractivity contribution is -0.121. The van der Waals surface area contributed by atoms with Crippen molar-refractivity contribution < 1.29 is 4.79 Å². The number of fused-ring (bicyclic) bond motifs is 1. The minimum atomic E-state index is 0.158. The molecule has 0 radical (unpaired) electrons. The second-order valence-electron chi connectivity index (χ2n) is 10.2. The van der Waals surface area contributed by atoms with Gasteiger partial charge in [0.15, 0.2) is 0 Å². The Morgan fingerprint density at radius 3 is 2.52 bits per heavy atom. The summed E-state index contributed by atoms with van der Waals surface area (Å²) in [7, 11) is 0. The zero-order valence-corrected chi connectivity index (χ0v) is 20.5. The molecule has 33 heavy (non-hydrogen) atoms. The summed E-state index contributed by atoms with van der Waals surface area (Å²) in [6.07, 6.45) is 5.91. The van der Waals surface area contributed by atoms with Crippen molar-refractivity contribution in [2.75, 3.05) is 26.2 Å². The van der Waals surface area contributed by atoms with Crippen LogP contribution in [-0.2, 0) is 17.8 Å². The van der Waals surface area contributed by atoms with Crippen LogP contribution in [0.15, 0.2) is 54.7 Å². The smallest absolute Gasteiger partial charge is 0.220 e. The van der Waals surface area contributed by atoms with E-state index < -0.39 is 0 Å². The third-order valence-corrected chi connectivity index (χ3v) is 6.88. The first kappa shape index (κ1) is 23.6. The first-order valence-electron chi connectivity index (χ1n) is 12.6. The number of hydrogen-bond acceptors (Lipinski definition) is 2. The molecule has 1 aliphatic rings. The number of aromatic nitrogens is 1. The topological polar surface area (TPSA) is 37.3 Å². The number of para-hydroxylation sites is 1. The monoisotopic (exact) mass is 445 g/mol. The first-order chi connectivity index (χ1) is 16.0. The molecule has 1 fully saturated rings. The summed E-state index contributed by atoms with van der Waals surface area (Å²) >= 11 is 0. The minimum Gasteiger partial charge on any atom is -0.356 e. The van der Waals surface area contributed by atoms with Gasteiger partial charge < -0.3 is 14.8 Å². The number of nitrogens with zero attached hydrogens (tertiary/aromatic N) is 2. The summed E-state index contributed by atoms with van der Waals surface area (Å²) in [4.78, 5) is 15.1. The lowest BCUT2D eigenvalue weighted by Gasteiger charge is -2.34. The van der Waals surface area contributed by atoms with Crippen molar-refractivity contribution >= 4 is 16.8 Å². The fraction of sp³-hybridized carbons (Fsp3) is 0.483. The zero-order chi connectivity index (χ0) is 23.2. The molecule has 3 aromatic rings. The third-order valence-electron chi connectivity index (χ3n) is 6.88. The van der Waals surface area contributed by atoms with Crippen LogP contribution in [0.1, 0.15) is 49.8 Å². The van der Waals surface area contributed by atoms with Crippen molar-refractivity contribution in [3.05, 3.63) is 71.4 Å². The fourth-order valence-corrected chi connectivity index (χ4v) is 5.38. The molecular formula is C29H39N3O. The van der Waals surface area contributed by atoms with Gasteiger partial charge in [0.05, 0.1) is 0 Å². The van der Waals surface area contributed by atoms with Gasteiger partial charge in [0.1, 0.15) is 0 Å². The maximum Gasteiger partial charge on any atom is 0.220 e. The SMILES string of the molecule is Cc1ccc(Cn2cc(CCC(=O)NCCCN3CC(C)CC(C)C3)c3ccccc32)cc1. The largest absolute Gasteiger partial charge is 0.356 e. The van der Waals surface area contributed by atoms with Crippen molar-refractivity contribution in [2.24, 2.45) is 11.8 Å². The van der Waals surface area contributed by atoms with Gasteiger partial charge in [0.25, 0.3) is 0 Å². The normalized spacial score (nSPS) is 19.1. The second-order valence-corrected chi connectivity index (χ2v) is 10.2. The van der Waals surface area contributed by atoms with Crippen LogP contribution in [0.25, 0.3) is 10.9 Å². The van der Waals surface area contributed by atoms with Crippen LogP contribution >= 0.6 is 0 Å². The van der Waals surface area contributed by atoms with Crippen molar-refractivity contribution in [3.63, 3.8) is 0 Å². The quantitative estimate of drug-likeness (QED) is 0.447. The van der Waals surface area contributed by atoms with Crippen molar-refractivity contribution in [3.8, 4) is 0 Å². The molecule has 0 bridgehead atoms. The van der Waals surface area contributed by atoms with E-state index in [0.717, 1.165) is 44.3 Å². The van der Waals surface area contributed by atoms with Gasteiger partial charge in [-0.15, -0.1) is 0 Å². The van der Waals surface area contributed by atoms with Gasteiger partial charge in [-0.1, -0.05) is 61.9 Å². The highest BCUT2D eigenvalue weighted by molar-refractivity contribution is 5.85. The highest BCUT2D eigenvalue weighted by atomic mass is 16.1. The summed E-state index contributed by atoms with van der Waals surface area (Å²) in [6, 6.07) is 17.3. The Bertz CT molecular complexity index is 1040. The summed E-state index contributed by atoms with van der Waals surface area (Å²) in [5.74, 6) is 1.73. The number of nitrogens with one attached hydrogen (secondary N) is 1. The molecule has 2 unspecified atom stereocenters. The van der Waals surface area contributed by atoms with Crippen LogP contribution in [0, 0.1) is 18.8 Å². The van der Waals surface area contributed by atoms with E-state index in [1.54, 1.807) is 0 Å². The van der Waals surface area contributed by atoms with Crippen LogP contribution in [0.3, 0.4) is 0 Å². The predicted molar refractivity (Wildman–Crippen MR) is 138 cm³/mol. The molecule has 4 nitrogen and oxygen atoms in total. The molecule has 2 atom stereocenters. The van der Waals surface area contributed by atoms with Gasteiger partial charge >= 0.3 is 0 Å². The van der Waals surface area contributed by atoms with Gasteiger partial charge in [0.2, 0.25) is 5.91 Å². The second kappa shape index (κ2) is 11.0. The van der Waals surface area contributed by atoms with E-state index in [1.165, 1.54) is 47.1 Å². The Hall–Kier alpha value is -2.59. The molecule has 4 rings (SSSR count). The maximum absolute atomic E-state index is 12.5. The zero-order valence-electron chi connectivity index (χ0n) is 20.5. The van der Waals surface area contributed by atoms with Gasteiger partial charge in [-0.2, -0.15) is 0 Å². The number of carbonyl (C=O) groups excluding carboxylic acids is 1. The van der Waals surface area contributed by atoms with Gasteiger partial charge in [-0.25, -0.2) is 0 Å². The third kappa shape index (κ3) is 6.48. The van der Waals surface area contributed by atoms with Crippen LogP contribution in [0.4, 0.5) is 0 Å². The van der Waals surface area contributed by atoms with Gasteiger partial charge in [0, 0.05) is 49.7 Å². The maximum atomic E-state index is 12.5. The molecule has 0 spiro atoms. The predicted octanol–water partition coefficient (Wildman–Crippen LogP) is 5.41. The number of benzene rings is 2. The molecule has 1 N–H and O–H groups in total. The van der Waals surface area contributed by atoms with Crippen LogP contribution < -0.4 is 5.32 Å². The highest BCUT2D eigenvalue weighted by Gasteiger charge is 2.21. The molecule has 1 aliphatic heterocycles. The Morgan fingerprint density at radius 2 is 1.76 bits per heavy atom. The van der Waals surface area contributed by atoms with E-state index in [-0.39, 0.29) is 5.91 Å². The Balaban J connectivity index is 1.28. The van der Waals surface area contributed by atoms with Crippen molar-refractivity contribution in [1.82, 2.24) is 14.8 Å². The van der Waals surface area contributed by atoms with Crippen LogP contribution in [0.2, 0.25) is 0 Å². The average Bonchev–Trinajstić information content (AvgIpc) is 3.14. The number of piperidine rings is 1. The van der Waals surface area contributed by atoms with E-state index in [4.69, 9.17) is 0 Å². The standard InChI is InChI=1S/C29H39N3O/c1-22-9-11-25(12-10-22)20-32-21-26(27-7-4-5-8-28(27)32)13-14-29(33)30-15-6-16-31-18-23(2)17-24(3)19-31/h4-5,7-12,21,23-24H,6,13-20H2,1-3H3,(H,30,33). The Labute approximate surface area is 199 Å². The Kier molecular flexibility index (Phi) is 7.87. The first-order valence-corrected chi connectivity index (χ1v) is 12.6. The number of amides is 1. The summed E-state index contributed by atoms with van der Waals surface area (Å²) in [6.45, 7) is 11.9. The van der Waals surface area contributed by atoms with E-state index in [2.05, 4.69) is 90.3 Å². The Morgan fingerprint density at radius 1 is 1.03 bits per heavy atom. The molecule has 1 amide bonds. The summed E-state index contributed by atoms with van der Waals surface area (Å²) in [5, 5.41) is 4.40. The minimum absolute atomic E-state index is 0.158. The summed E-state index contributed by atoms with van der Waals surface area (Å²) in [5.41, 5.74) is 5.06.